The molecule has 2 nitrogen and oxygen atoms in total. The lowest BCUT2D eigenvalue weighted by atomic mass is 10.2. The molecule has 1 rings (SSSR count). The van der Waals surface area contributed by atoms with Gasteiger partial charge in [0, 0.05) is 14.2 Å². The first kappa shape index (κ1) is 5.71. The molecule has 0 amide bonds. The quantitative estimate of drug-likeness (QED) is 0.507. The van der Waals surface area contributed by atoms with Gasteiger partial charge < -0.3 is 4.84 Å². The highest BCUT2D eigenvalue weighted by atomic mass is 16.6. The molecule has 0 aromatic heterocycles. The van der Waals surface area contributed by atoms with Crippen LogP contribution in [-0.2, 0) is 4.84 Å². The lowest BCUT2D eigenvalue weighted by molar-refractivity contribution is 0.212. The third-order valence-corrected chi connectivity index (χ3v) is 1.18. The molecule has 0 saturated carbocycles. The van der Waals surface area contributed by atoms with E-state index in [1.54, 1.807) is 6.08 Å². The summed E-state index contributed by atoms with van der Waals surface area (Å²) in [6.45, 7) is 0. The van der Waals surface area contributed by atoms with Gasteiger partial charge in [0.25, 0.3) is 0 Å². The first-order valence-electron chi connectivity index (χ1n) is 3.78. The summed E-state index contributed by atoms with van der Waals surface area (Å²) in [6.07, 6.45) is 7.86. The molecule has 0 aliphatic heterocycles. The Morgan fingerprint density at radius 1 is 1.60 bits per heavy atom. The Bertz CT molecular complexity index is 208. The maximum Gasteiger partial charge on any atom is 0.106 e. The summed E-state index contributed by atoms with van der Waals surface area (Å²) in [6, 6.07) is 0. The van der Waals surface area contributed by atoms with Gasteiger partial charge in [0.1, 0.15) is 7.11 Å². The van der Waals surface area contributed by atoms with Crippen molar-refractivity contribution in [2.75, 3.05) is 7.11 Å². The van der Waals surface area contributed by atoms with Gasteiger partial charge in [-0.15, -0.1) is 0 Å². The van der Waals surface area contributed by atoms with Crippen molar-refractivity contribution in [3.63, 3.8) is 0 Å². The standard InChI is InChI=1S/C8H11NO/c1-10-9-8-6-4-2-3-5-7-8/h2-5H,6-7H2,1H3/i6D/b9-8+. The third kappa shape index (κ3) is 2.05. The van der Waals surface area contributed by atoms with E-state index in [4.69, 9.17) is 1.37 Å². The molecular weight excluding hydrogens is 126 g/mol. The minimum absolute atomic E-state index is 0.357. The summed E-state index contributed by atoms with van der Waals surface area (Å²) in [5.74, 6) is 0. The highest BCUT2D eigenvalue weighted by molar-refractivity contribution is 5.87. The van der Waals surface area contributed by atoms with Gasteiger partial charge in [0.15, 0.2) is 0 Å². The van der Waals surface area contributed by atoms with Crippen LogP contribution in [0.5, 0.6) is 0 Å². The molecule has 0 N–H and O–H groups in total. The first-order valence-corrected chi connectivity index (χ1v) is 3.20. The maximum absolute atomic E-state index is 7.53. The van der Waals surface area contributed by atoms with Crippen LogP contribution < -0.4 is 0 Å². The van der Waals surface area contributed by atoms with Crippen molar-refractivity contribution >= 4 is 5.71 Å². The predicted octanol–water partition coefficient (Wildman–Crippen LogP) is 1.90. The molecule has 54 valence electrons. The Morgan fingerprint density at radius 2 is 2.40 bits per heavy atom. The molecule has 0 spiro atoms. The fraction of sp³-hybridized carbons (Fsp3) is 0.375. The number of oxime groups is 1. The van der Waals surface area contributed by atoms with Crippen molar-refractivity contribution in [2.45, 2.75) is 12.8 Å². The molecule has 2 heteroatoms. The average Bonchev–Trinajstić information content (AvgIpc) is 2.18. The second-order valence-electron chi connectivity index (χ2n) is 1.95. The number of hydrogen-bond acceptors (Lipinski definition) is 2. The van der Waals surface area contributed by atoms with Gasteiger partial charge in [0.05, 0.1) is 5.71 Å². The van der Waals surface area contributed by atoms with Gasteiger partial charge in [-0.2, -0.15) is 0 Å². The normalized spacial score (nSPS) is 29.9. The maximum atomic E-state index is 7.53. The Labute approximate surface area is 62.3 Å². The summed E-state index contributed by atoms with van der Waals surface area (Å²) in [7, 11) is 1.50. The van der Waals surface area contributed by atoms with Gasteiger partial charge in [-0.05, 0) is 0 Å². The van der Waals surface area contributed by atoms with E-state index in [9.17, 15) is 0 Å². The Balaban J connectivity index is 2.71. The highest BCUT2D eigenvalue weighted by Crippen LogP contribution is 2.01. The minimum atomic E-state index is -0.357. The predicted molar refractivity (Wildman–Crippen MR) is 42.0 cm³/mol. The van der Waals surface area contributed by atoms with E-state index >= 15 is 0 Å². The summed E-state index contributed by atoms with van der Waals surface area (Å²) in [5.41, 5.74) is 0.748. The van der Waals surface area contributed by atoms with Crippen molar-refractivity contribution in [3.05, 3.63) is 24.3 Å². The molecule has 1 unspecified atom stereocenters. The Kier molecular flexibility index (Phi) is 2.22. The Morgan fingerprint density at radius 3 is 3.20 bits per heavy atom. The molecule has 0 radical (unpaired) electrons. The van der Waals surface area contributed by atoms with Gasteiger partial charge in [0.2, 0.25) is 0 Å². The summed E-state index contributed by atoms with van der Waals surface area (Å²) in [4.78, 5) is 4.61. The van der Waals surface area contributed by atoms with Crippen LogP contribution in [0.3, 0.4) is 0 Å². The van der Waals surface area contributed by atoms with E-state index in [0.717, 1.165) is 5.71 Å². The second kappa shape index (κ2) is 3.88. The van der Waals surface area contributed by atoms with Crippen molar-refractivity contribution in [2.24, 2.45) is 5.16 Å². The van der Waals surface area contributed by atoms with Crippen LogP contribution >= 0.6 is 0 Å². The van der Waals surface area contributed by atoms with E-state index in [1.165, 1.54) is 7.11 Å². The molecule has 0 heterocycles. The van der Waals surface area contributed by atoms with Gasteiger partial charge in [-0.25, -0.2) is 0 Å². The van der Waals surface area contributed by atoms with Gasteiger partial charge in [-0.1, -0.05) is 29.5 Å². The zero-order valence-electron chi connectivity index (χ0n) is 6.95. The van der Waals surface area contributed by atoms with Crippen LogP contribution in [0.1, 0.15) is 14.2 Å². The lowest BCUT2D eigenvalue weighted by Gasteiger charge is -1.95. The van der Waals surface area contributed by atoms with E-state index in [2.05, 4.69) is 9.99 Å². The fourth-order valence-electron chi connectivity index (χ4n) is 0.751. The van der Waals surface area contributed by atoms with Crippen LogP contribution in [0.15, 0.2) is 29.5 Å². The molecule has 1 atom stereocenters. The molecule has 0 aromatic carbocycles. The minimum Gasteiger partial charge on any atom is -0.399 e. The molecule has 10 heavy (non-hydrogen) atoms. The topological polar surface area (TPSA) is 21.6 Å². The van der Waals surface area contributed by atoms with Crippen molar-refractivity contribution in [1.82, 2.24) is 0 Å². The van der Waals surface area contributed by atoms with E-state index in [-0.39, 0.29) is 6.40 Å². The molecule has 1 aliphatic carbocycles. The van der Waals surface area contributed by atoms with E-state index < -0.39 is 0 Å². The van der Waals surface area contributed by atoms with Crippen LogP contribution in [0, 0.1) is 0 Å². The van der Waals surface area contributed by atoms with E-state index in [0.29, 0.717) is 6.42 Å². The largest absolute Gasteiger partial charge is 0.399 e. The summed E-state index contributed by atoms with van der Waals surface area (Å²) in [5, 5.41) is 3.75. The third-order valence-electron chi connectivity index (χ3n) is 1.18. The van der Waals surface area contributed by atoms with Crippen LogP contribution in [0.2, 0.25) is 0 Å². The highest BCUT2D eigenvalue weighted by Gasteiger charge is 1.95. The number of allylic oxidation sites excluding steroid dienone is 4. The first-order chi connectivity index (χ1) is 5.34. The number of rotatable bonds is 1. The van der Waals surface area contributed by atoms with Gasteiger partial charge in [-0.3, -0.25) is 0 Å². The monoisotopic (exact) mass is 138 g/mol. The van der Waals surface area contributed by atoms with Crippen LogP contribution in [-0.4, -0.2) is 12.8 Å². The summed E-state index contributed by atoms with van der Waals surface area (Å²) >= 11 is 0. The molecule has 0 fully saturated rings. The van der Waals surface area contributed by atoms with Crippen molar-refractivity contribution in [3.8, 4) is 0 Å². The number of hydrogen-bond donors (Lipinski definition) is 0. The second-order valence-corrected chi connectivity index (χ2v) is 1.95. The SMILES string of the molecule is [2H]C1C=CC=CC/C1=N/OC. The molecule has 0 saturated heterocycles. The average molecular weight is 138 g/mol. The number of nitrogens with zero attached hydrogens (tertiary/aromatic N) is 1. The fourth-order valence-corrected chi connectivity index (χ4v) is 0.751. The van der Waals surface area contributed by atoms with Crippen molar-refractivity contribution in [1.29, 1.82) is 0 Å². The summed E-state index contributed by atoms with van der Waals surface area (Å²) < 4.78 is 7.53. The molecule has 0 aromatic rings. The smallest absolute Gasteiger partial charge is 0.106 e. The lowest BCUT2D eigenvalue weighted by Crippen LogP contribution is -1.93. The van der Waals surface area contributed by atoms with Crippen LogP contribution in [0.25, 0.3) is 0 Å². The Hall–Kier alpha value is -1.05. The molecule has 1 aliphatic rings. The molecule has 0 bridgehead atoms. The molecular formula is C8H11NO. The van der Waals surface area contributed by atoms with E-state index in [1.807, 2.05) is 18.2 Å². The van der Waals surface area contributed by atoms with Gasteiger partial charge >= 0.3 is 0 Å². The van der Waals surface area contributed by atoms with Crippen LogP contribution in [0.4, 0.5) is 0 Å². The van der Waals surface area contributed by atoms with Crippen molar-refractivity contribution < 1.29 is 6.21 Å². The zero-order chi connectivity index (χ0) is 8.10. The zero-order valence-corrected chi connectivity index (χ0v) is 5.95.